The molecule has 0 unspecified atom stereocenters. The Hall–Kier alpha value is -0.150. The molecule has 1 aliphatic rings. The van der Waals surface area contributed by atoms with E-state index in [0.29, 0.717) is 5.92 Å². The maximum atomic E-state index is 5.79. The zero-order valence-corrected chi connectivity index (χ0v) is 8.87. The van der Waals surface area contributed by atoms with Gasteiger partial charge in [0.15, 0.2) is 0 Å². The van der Waals surface area contributed by atoms with Gasteiger partial charge in [-0.1, -0.05) is 39.0 Å². The average molecular weight is 186 g/mol. The van der Waals surface area contributed by atoms with Crippen LogP contribution in [0.5, 0.6) is 0 Å². The fourth-order valence-electron chi connectivity index (χ4n) is 1.41. The van der Waals surface area contributed by atoms with Crippen LogP contribution in [0.4, 0.5) is 0 Å². The minimum Gasteiger partial charge on any atom is -0.364 e. The predicted molar refractivity (Wildman–Crippen MR) is 55.5 cm³/mol. The van der Waals surface area contributed by atoms with Crippen LogP contribution in [0.1, 0.15) is 33.6 Å². The van der Waals surface area contributed by atoms with Gasteiger partial charge < -0.3 is 11.1 Å². The molecule has 3 heteroatoms. The quantitative estimate of drug-likeness (QED) is 0.710. The summed E-state index contributed by atoms with van der Waals surface area (Å²) in [4.78, 5) is 1.45. The third-order valence-corrected chi connectivity index (χ3v) is 3.24. The Bertz CT molecular complexity index is 187. The van der Waals surface area contributed by atoms with Gasteiger partial charge in [-0.2, -0.15) is 0 Å². The second kappa shape index (κ2) is 4.19. The Kier molecular flexibility index (Phi) is 3.47. The molecule has 0 fully saturated rings. The lowest BCUT2D eigenvalue weighted by Gasteiger charge is -2.07. The standard InChI is InChI=1S/C9H18N2S/c1-4-5-7-8(6(2)3)12-9(10)11-7/h6,9,11H,4-5,10H2,1-3H3/t9-/m1/s1. The lowest BCUT2D eigenvalue weighted by atomic mass is 10.1. The molecule has 0 saturated carbocycles. The van der Waals surface area contributed by atoms with E-state index in [-0.39, 0.29) is 5.50 Å². The van der Waals surface area contributed by atoms with Crippen LogP contribution in [0, 0.1) is 5.92 Å². The van der Waals surface area contributed by atoms with Crippen LogP contribution in [-0.4, -0.2) is 5.50 Å². The van der Waals surface area contributed by atoms with Gasteiger partial charge in [0.25, 0.3) is 0 Å². The number of rotatable bonds is 3. The second-order valence-corrected chi connectivity index (χ2v) is 4.61. The maximum absolute atomic E-state index is 5.79. The first-order chi connectivity index (χ1) is 5.65. The second-order valence-electron chi connectivity index (χ2n) is 3.43. The summed E-state index contributed by atoms with van der Waals surface area (Å²) < 4.78 is 0. The average Bonchev–Trinajstić information content (AvgIpc) is 2.32. The first kappa shape index (κ1) is 9.93. The Morgan fingerprint density at radius 2 is 2.25 bits per heavy atom. The van der Waals surface area contributed by atoms with E-state index in [2.05, 4.69) is 26.1 Å². The van der Waals surface area contributed by atoms with Crippen molar-refractivity contribution in [3.63, 3.8) is 0 Å². The largest absolute Gasteiger partial charge is 0.364 e. The molecule has 1 heterocycles. The molecule has 0 saturated heterocycles. The summed E-state index contributed by atoms with van der Waals surface area (Å²) in [6.07, 6.45) is 2.32. The summed E-state index contributed by atoms with van der Waals surface area (Å²) in [6, 6.07) is 0. The van der Waals surface area contributed by atoms with Crippen molar-refractivity contribution in [1.29, 1.82) is 0 Å². The smallest absolute Gasteiger partial charge is 0.127 e. The molecule has 12 heavy (non-hydrogen) atoms. The number of nitrogens with two attached hydrogens (primary N) is 1. The van der Waals surface area contributed by atoms with Crippen LogP contribution in [-0.2, 0) is 0 Å². The van der Waals surface area contributed by atoms with Crippen LogP contribution in [0.15, 0.2) is 10.6 Å². The summed E-state index contributed by atoms with van der Waals surface area (Å²) in [6.45, 7) is 6.64. The number of nitrogens with one attached hydrogen (secondary N) is 1. The summed E-state index contributed by atoms with van der Waals surface area (Å²) in [5, 5.41) is 3.31. The first-order valence-corrected chi connectivity index (χ1v) is 5.45. The van der Waals surface area contributed by atoms with Gasteiger partial charge in [0.05, 0.1) is 0 Å². The zero-order chi connectivity index (χ0) is 9.14. The van der Waals surface area contributed by atoms with Gasteiger partial charge in [0.2, 0.25) is 0 Å². The number of hydrogen-bond acceptors (Lipinski definition) is 3. The third kappa shape index (κ3) is 2.17. The minimum absolute atomic E-state index is 0.0870. The maximum Gasteiger partial charge on any atom is 0.127 e. The molecule has 0 radical (unpaired) electrons. The van der Waals surface area contributed by atoms with Crippen molar-refractivity contribution in [2.24, 2.45) is 11.7 Å². The van der Waals surface area contributed by atoms with E-state index in [9.17, 15) is 0 Å². The van der Waals surface area contributed by atoms with Crippen molar-refractivity contribution in [2.45, 2.75) is 39.1 Å². The van der Waals surface area contributed by atoms with Crippen molar-refractivity contribution in [2.75, 3.05) is 0 Å². The van der Waals surface area contributed by atoms with Crippen molar-refractivity contribution in [3.05, 3.63) is 10.6 Å². The highest BCUT2D eigenvalue weighted by atomic mass is 32.2. The molecule has 1 rings (SSSR count). The predicted octanol–water partition coefficient (Wildman–Crippen LogP) is 2.23. The zero-order valence-electron chi connectivity index (χ0n) is 8.05. The fraction of sp³-hybridized carbons (Fsp3) is 0.778. The van der Waals surface area contributed by atoms with E-state index in [4.69, 9.17) is 5.73 Å². The Morgan fingerprint density at radius 3 is 2.75 bits per heavy atom. The van der Waals surface area contributed by atoms with Gasteiger partial charge in [-0.3, -0.25) is 0 Å². The Labute approximate surface area is 79.0 Å². The van der Waals surface area contributed by atoms with Crippen LogP contribution in [0.3, 0.4) is 0 Å². The number of hydrogen-bond donors (Lipinski definition) is 2. The molecule has 0 aliphatic carbocycles. The van der Waals surface area contributed by atoms with E-state index in [1.165, 1.54) is 17.0 Å². The molecule has 1 aliphatic heterocycles. The summed E-state index contributed by atoms with van der Waals surface area (Å²) >= 11 is 1.77. The van der Waals surface area contributed by atoms with Crippen LogP contribution < -0.4 is 11.1 Å². The highest BCUT2D eigenvalue weighted by Crippen LogP contribution is 2.35. The van der Waals surface area contributed by atoms with E-state index in [0.717, 1.165) is 6.42 Å². The Balaban J connectivity index is 2.67. The highest BCUT2D eigenvalue weighted by Gasteiger charge is 2.22. The molecule has 3 N–H and O–H groups in total. The molecule has 2 nitrogen and oxygen atoms in total. The molecule has 70 valence electrons. The van der Waals surface area contributed by atoms with Crippen LogP contribution >= 0.6 is 11.8 Å². The van der Waals surface area contributed by atoms with Crippen molar-refractivity contribution in [1.82, 2.24) is 5.32 Å². The van der Waals surface area contributed by atoms with E-state index in [1.807, 2.05) is 0 Å². The van der Waals surface area contributed by atoms with Gasteiger partial charge in [-0.05, 0) is 12.3 Å². The van der Waals surface area contributed by atoms with Crippen molar-refractivity contribution < 1.29 is 0 Å². The first-order valence-electron chi connectivity index (χ1n) is 4.57. The molecule has 0 amide bonds. The van der Waals surface area contributed by atoms with Crippen LogP contribution in [0.25, 0.3) is 0 Å². The Morgan fingerprint density at radius 1 is 1.58 bits per heavy atom. The monoisotopic (exact) mass is 186 g/mol. The number of allylic oxidation sites excluding steroid dienone is 2. The normalized spacial score (nSPS) is 23.6. The van der Waals surface area contributed by atoms with E-state index in [1.54, 1.807) is 11.8 Å². The molecular formula is C9H18N2S. The van der Waals surface area contributed by atoms with Gasteiger partial charge in [-0.25, -0.2) is 0 Å². The minimum atomic E-state index is 0.0870. The lowest BCUT2D eigenvalue weighted by Crippen LogP contribution is -2.28. The molecule has 1 atom stereocenters. The van der Waals surface area contributed by atoms with Gasteiger partial charge in [0.1, 0.15) is 5.50 Å². The molecule has 0 aromatic rings. The SMILES string of the molecule is CCCC1=C(C(C)C)S[C@H](N)N1. The third-order valence-electron chi connectivity index (χ3n) is 1.89. The molecule has 0 spiro atoms. The van der Waals surface area contributed by atoms with Gasteiger partial charge in [0, 0.05) is 10.6 Å². The summed E-state index contributed by atoms with van der Waals surface area (Å²) in [5.41, 5.74) is 7.25. The van der Waals surface area contributed by atoms with Crippen molar-refractivity contribution in [3.8, 4) is 0 Å². The molecule has 0 aromatic carbocycles. The molecule has 0 aromatic heterocycles. The van der Waals surface area contributed by atoms with Gasteiger partial charge in [-0.15, -0.1) is 0 Å². The summed E-state index contributed by atoms with van der Waals surface area (Å²) in [5.74, 6) is 0.609. The molecule has 0 bridgehead atoms. The van der Waals surface area contributed by atoms with Crippen LogP contribution in [0.2, 0.25) is 0 Å². The van der Waals surface area contributed by atoms with Crippen molar-refractivity contribution >= 4 is 11.8 Å². The van der Waals surface area contributed by atoms with E-state index < -0.39 is 0 Å². The highest BCUT2D eigenvalue weighted by molar-refractivity contribution is 8.03. The van der Waals surface area contributed by atoms with E-state index >= 15 is 0 Å². The summed E-state index contributed by atoms with van der Waals surface area (Å²) in [7, 11) is 0. The fourth-order valence-corrected chi connectivity index (χ4v) is 2.46. The lowest BCUT2D eigenvalue weighted by molar-refractivity contribution is 0.707. The van der Waals surface area contributed by atoms with Gasteiger partial charge >= 0.3 is 0 Å². The topological polar surface area (TPSA) is 38.0 Å². The number of thioether (sulfide) groups is 1. The molecular weight excluding hydrogens is 168 g/mol.